The summed E-state index contributed by atoms with van der Waals surface area (Å²) in [5.41, 5.74) is 1.07. The molecule has 0 radical (unpaired) electrons. The first-order valence-corrected chi connectivity index (χ1v) is 7.91. The van der Waals surface area contributed by atoms with Crippen LogP contribution in [0.3, 0.4) is 0 Å². The first-order chi connectivity index (χ1) is 12.7. The van der Waals surface area contributed by atoms with E-state index in [2.05, 4.69) is 0 Å². The minimum Gasteiger partial charge on any atom is -0.449 e. The molecule has 6 heteroatoms. The van der Waals surface area contributed by atoms with Crippen molar-refractivity contribution in [2.75, 3.05) is 7.11 Å². The van der Waals surface area contributed by atoms with Crippen LogP contribution >= 0.6 is 0 Å². The molecule has 4 rings (SSSR count). The molecule has 0 amide bonds. The maximum absolute atomic E-state index is 12.6. The molecule has 0 aliphatic rings. The predicted octanol–water partition coefficient (Wildman–Crippen LogP) is 3.90. The van der Waals surface area contributed by atoms with Crippen molar-refractivity contribution in [2.45, 2.75) is 6.61 Å². The number of esters is 1. The molecule has 26 heavy (non-hydrogen) atoms. The van der Waals surface area contributed by atoms with Gasteiger partial charge in [0.25, 0.3) is 0 Å². The van der Waals surface area contributed by atoms with Gasteiger partial charge in [-0.2, -0.15) is 0 Å². The minimum atomic E-state index is -0.647. The Labute approximate surface area is 147 Å². The molecule has 2 heterocycles. The zero-order chi connectivity index (χ0) is 18.1. The number of rotatable bonds is 4. The lowest BCUT2D eigenvalue weighted by atomic mass is 10.1. The first kappa shape index (κ1) is 16.1. The van der Waals surface area contributed by atoms with Crippen molar-refractivity contribution < 1.29 is 23.1 Å². The van der Waals surface area contributed by atoms with Crippen LogP contribution in [0.2, 0.25) is 0 Å². The third-order valence-corrected chi connectivity index (χ3v) is 3.98. The van der Waals surface area contributed by atoms with Gasteiger partial charge < -0.3 is 18.3 Å². The first-order valence-electron chi connectivity index (χ1n) is 7.91. The van der Waals surface area contributed by atoms with E-state index in [1.54, 1.807) is 31.4 Å². The molecular formula is C20H14O6. The van der Waals surface area contributed by atoms with Gasteiger partial charge in [-0.1, -0.05) is 18.2 Å². The molecule has 0 aliphatic carbocycles. The van der Waals surface area contributed by atoms with Crippen LogP contribution in [0.5, 0.6) is 5.75 Å². The van der Waals surface area contributed by atoms with E-state index in [4.69, 9.17) is 18.3 Å². The normalized spacial score (nSPS) is 11.1. The van der Waals surface area contributed by atoms with Crippen LogP contribution in [-0.4, -0.2) is 13.1 Å². The summed E-state index contributed by atoms with van der Waals surface area (Å²) in [7, 11) is 1.54. The maximum Gasteiger partial charge on any atom is 0.380 e. The summed E-state index contributed by atoms with van der Waals surface area (Å²) >= 11 is 0. The summed E-state index contributed by atoms with van der Waals surface area (Å²) in [5, 5.41) is 1.53. The summed E-state index contributed by atoms with van der Waals surface area (Å²) in [6, 6.07) is 15.1. The molecule has 6 nitrogen and oxygen atoms in total. The van der Waals surface area contributed by atoms with E-state index in [1.165, 1.54) is 12.1 Å². The van der Waals surface area contributed by atoms with Crippen molar-refractivity contribution in [3.8, 4) is 5.75 Å². The number of ether oxygens (including phenoxy) is 2. The van der Waals surface area contributed by atoms with Crippen molar-refractivity contribution >= 4 is 27.9 Å². The standard InChI is InChI=1S/C20H14O6/c1-23-11-15-14-4-2-3-5-16(14)26-19(15)20(22)24-13-8-6-12-7-9-18(21)25-17(12)10-13/h2-10H,11H2,1H3. The fourth-order valence-corrected chi connectivity index (χ4v) is 2.81. The highest BCUT2D eigenvalue weighted by Crippen LogP contribution is 2.28. The molecule has 0 N–H and O–H groups in total. The van der Waals surface area contributed by atoms with Crippen LogP contribution in [0.15, 0.2) is 68.2 Å². The Kier molecular flexibility index (Phi) is 4.02. The number of hydrogen-bond acceptors (Lipinski definition) is 6. The van der Waals surface area contributed by atoms with Crippen LogP contribution in [0, 0.1) is 0 Å². The minimum absolute atomic E-state index is 0.0858. The monoisotopic (exact) mass is 350 g/mol. The molecule has 0 bridgehead atoms. The largest absolute Gasteiger partial charge is 0.449 e. The van der Waals surface area contributed by atoms with Gasteiger partial charge in [-0.05, 0) is 24.3 Å². The number of para-hydroxylation sites is 1. The van der Waals surface area contributed by atoms with Crippen molar-refractivity contribution in [1.29, 1.82) is 0 Å². The molecule has 4 aromatic rings. The van der Waals surface area contributed by atoms with Gasteiger partial charge in [0.15, 0.2) is 0 Å². The number of hydrogen-bond donors (Lipinski definition) is 0. The quantitative estimate of drug-likeness (QED) is 0.315. The average molecular weight is 350 g/mol. The van der Waals surface area contributed by atoms with Crippen LogP contribution in [0.25, 0.3) is 21.9 Å². The molecule has 0 aliphatic heterocycles. The Morgan fingerprint density at radius 3 is 2.65 bits per heavy atom. The third-order valence-electron chi connectivity index (χ3n) is 3.98. The van der Waals surface area contributed by atoms with Crippen molar-refractivity contribution in [1.82, 2.24) is 0 Å². The van der Waals surface area contributed by atoms with Gasteiger partial charge in [-0.3, -0.25) is 0 Å². The van der Waals surface area contributed by atoms with Crippen molar-refractivity contribution in [3.63, 3.8) is 0 Å². The maximum atomic E-state index is 12.6. The van der Waals surface area contributed by atoms with Crippen LogP contribution < -0.4 is 10.4 Å². The topological polar surface area (TPSA) is 78.9 Å². The number of fused-ring (bicyclic) bond motifs is 2. The molecule has 0 saturated carbocycles. The van der Waals surface area contributed by atoms with Gasteiger partial charge in [0, 0.05) is 35.6 Å². The lowest BCUT2D eigenvalue weighted by Gasteiger charge is -2.05. The molecule has 0 spiro atoms. The molecule has 0 unspecified atom stereocenters. The lowest BCUT2D eigenvalue weighted by molar-refractivity contribution is 0.0697. The average Bonchev–Trinajstić information content (AvgIpc) is 3.01. The van der Waals surface area contributed by atoms with E-state index in [9.17, 15) is 9.59 Å². The Bertz CT molecular complexity index is 1170. The number of carbonyl (C=O) groups is 1. The summed E-state index contributed by atoms with van der Waals surface area (Å²) in [4.78, 5) is 24.0. The van der Waals surface area contributed by atoms with Crippen LogP contribution in [0.4, 0.5) is 0 Å². The summed E-state index contributed by atoms with van der Waals surface area (Å²) in [5.74, 6) is -0.311. The van der Waals surface area contributed by atoms with Gasteiger partial charge in [-0.15, -0.1) is 0 Å². The van der Waals surface area contributed by atoms with E-state index < -0.39 is 11.6 Å². The van der Waals surface area contributed by atoms with Gasteiger partial charge in [0.1, 0.15) is 16.9 Å². The fourth-order valence-electron chi connectivity index (χ4n) is 2.81. The van der Waals surface area contributed by atoms with E-state index in [0.717, 1.165) is 10.8 Å². The zero-order valence-corrected chi connectivity index (χ0v) is 13.9. The molecule has 0 fully saturated rings. The second kappa shape index (κ2) is 6.50. The van der Waals surface area contributed by atoms with Gasteiger partial charge in [0.05, 0.1) is 6.61 Å². The predicted molar refractivity (Wildman–Crippen MR) is 94.4 cm³/mol. The molecule has 2 aromatic carbocycles. The van der Waals surface area contributed by atoms with Gasteiger partial charge >= 0.3 is 11.6 Å². The smallest absolute Gasteiger partial charge is 0.380 e. The second-order valence-electron chi connectivity index (χ2n) is 5.68. The van der Waals surface area contributed by atoms with Crippen LogP contribution in [0.1, 0.15) is 16.1 Å². The van der Waals surface area contributed by atoms with E-state index in [1.807, 2.05) is 18.2 Å². The highest BCUT2D eigenvalue weighted by Gasteiger charge is 2.22. The van der Waals surface area contributed by atoms with E-state index in [-0.39, 0.29) is 18.1 Å². The molecule has 130 valence electrons. The number of benzene rings is 2. The van der Waals surface area contributed by atoms with Gasteiger partial charge in [0.2, 0.25) is 5.76 Å². The van der Waals surface area contributed by atoms with Gasteiger partial charge in [-0.25, -0.2) is 9.59 Å². The molecule has 0 saturated heterocycles. The van der Waals surface area contributed by atoms with E-state index >= 15 is 0 Å². The Hall–Kier alpha value is -3.38. The van der Waals surface area contributed by atoms with Crippen LogP contribution in [-0.2, 0) is 11.3 Å². The molecule has 2 aromatic heterocycles. The fraction of sp³-hybridized carbons (Fsp3) is 0.100. The Morgan fingerprint density at radius 2 is 1.81 bits per heavy atom. The zero-order valence-electron chi connectivity index (χ0n) is 13.9. The molecule has 0 atom stereocenters. The number of methoxy groups -OCH3 is 1. The molecular weight excluding hydrogens is 336 g/mol. The van der Waals surface area contributed by atoms with E-state index in [0.29, 0.717) is 16.7 Å². The van der Waals surface area contributed by atoms with Crippen molar-refractivity contribution in [2.24, 2.45) is 0 Å². The Balaban J connectivity index is 1.71. The highest BCUT2D eigenvalue weighted by atomic mass is 16.5. The summed E-state index contributed by atoms with van der Waals surface area (Å²) in [6.45, 7) is 0.216. The third kappa shape index (κ3) is 2.87. The highest BCUT2D eigenvalue weighted by molar-refractivity contribution is 5.97. The lowest BCUT2D eigenvalue weighted by Crippen LogP contribution is -2.10. The Morgan fingerprint density at radius 1 is 1.00 bits per heavy atom. The summed E-state index contributed by atoms with van der Waals surface area (Å²) in [6.07, 6.45) is 0. The van der Waals surface area contributed by atoms with Crippen molar-refractivity contribution in [3.05, 3.63) is 76.3 Å². The summed E-state index contributed by atoms with van der Waals surface area (Å²) < 4.78 is 21.4. The SMILES string of the molecule is COCc1c(C(=O)Oc2ccc3ccc(=O)oc3c2)oc2ccccc12. The second-order valence-corrected chi connectivity index (χ2v) is 5.68. The number of carbonyl (C=O) groups excluding carboxylic acids is 1. The number of furan rings is 1.